The Kier molecular flexibility index (Phi) is 8.61. The average molecular weight is 415 g/mol. The monoisotopic (exact) mass is 415 g/mol. The summed E-state index contributed by atoms with van der Waals surface area (Å²) in [5.41, 5.74) is 3.18. The molecule has 160 valence electrons. The first-order valence-corrected chi connectivity index (χ1v) is 9.58. The number of nitro benzene ring substituents is 1. The molecule has 0 atom stereocenters. The molecular formula is C21H25N3O6. The van der Waals surface area contributed by atoms with Crippen molar-refractivity contribution in [3.8, 4) is 11.5 Å². The summed E-state index contributed by atoms with van der Waals surface area (Å²) < 4.78 is 10.9. The van der Waals surface area contributed by atoms with Gasteiger partial charge in [-0.3, -0.25) is 15.5 Å². The fourth-order valence-corrected chi connectivity index (χ4v) is 2.76. The highest BCUT2D eigenvalue weighted by Gasteiger charge is 2.22. The highest BCUT2D eigenvalue weighted by molar-refractivity contribution is 5.94. The van der Waals surface area contributed by atoms with Crippen molar-refractivity contribution in [1.29, 1.82) is 0 Å². The van der Waals surface area contributed by atoms with E-state index in [1.54, 1.807) is 24.3 Å². The summed E-state index contributed by atoms with van der Waals surface area (Å²) in [4.78, 5) is 22.2. The number of nitrogens with one attached hydrogen (secondary N) is 1. The summed E-state index contributed by atoms with van der Waals surface area (Å²) in [6, 6.07) is 9.19. The number of rotatable bonds is 12. The molecule has 0 aromatic heterocycles. The van der Waals surface area contributed by atoms with Crippen LogP contribution >= 0.6 is 0 Å². The molecule has 2 aromatic rings. The Morgan fingerprint density at radius 2 is 2.03 bits per heavy atom. The molecule has 0 unspecified atom stereocenters. The molecule has 0 bridgehead atoms. The quantitative estimate of drug-likeness (QED) is 0.223. The predicted octanol–water partition coefficient (Wildman–Crippen LogP) is 4.71. The van der Waals surface area contributed by atoms with Gasteiger partial charge in [-0.15, -0.1) is 0 Å². The lowest BCUT2D eigenvalue weighted by molar-refractivity contribution is -0.386. The van der Waals surface area contributed by atoms with Gasteiger partial charge in [-0.1, -0.05) is 38.3 Å². The first kappa shape index (κ1) is 22.7. The fraction of sp³-hybridized carbons (Fsp3) is 0.333. The van der Waals surface area contributed by atoms with Crippen molar-refractivity contribution < 1.29 is 24.3 Å². The topological polar surface area (TPSA) is 123 Å². The predicted molar refractivity (Wildman–Crippen MR) is 114 cm³/mol. The maximum absolute atomic E-state index is 11.5. The number of hydrazone groups is 1. The van der Waals surface area contributed by atoms with Gasteiger partial charge in [0.2, 0.25) is 5.75 Å². The number of carbonyl (C=O) groups is 1. The van der Waals surface area contributed by atoms with Crippen molar-refractivity contribution >= 4 is 23.6 Å². The number of carboxylic acid groups (broad SMARTS) is 1. The molecule has 2 aromatic carbocycles. The van der Waals surface area contributed by atoms with Gasteiger partial charge in [0.25, 0.3) is 0 Å². The van der Waals surface area contributed by atoms with Crippen LogP contribution in [-0.2, 0) is 0 Å². The number of benzene rings is 2. The molecule has 0 amide bonds. The van der Waals surface area contributed by atoms with Gasteiger partial charge in [-0.25, -0.2) is 4.79 Å². The third-order valence-corrected chi connectivity index (χ3v) is 4.27. The van der Waals surface area contributed by atoms with Crippen molar-refractivity contribution in [3.05, 3.63) is 57.6 Å². The number of unbranched alkanes of at least 4 members (excludes halogenated alkanes) is 3. The van der Waals surface area contributed by atoms with E-state index in [0.717, 1.165) is 25.7 Å². The minimum absolute atomic E-state index is 0.0602. The van der Waals surface area contributed by atoms with E-state index >= 15 is 0 Å². The molecular weight excluding hydrogens is 390 g/mol. The van der Waals surface area contributed by atoms with E-state index in [2.05, 4.69) is 17.5 Å². The van der Waals surface area contributed by atoms with Gasteiger partial charge in [0, 0.05) is 11.6 Å². The van der Waals surface area contributed by atoms with Crippen molar-refractivity contribution in [2.45, 2.75) is 32.6 Å². The Hall–Kier alpha value is -3.62. The number of para-hydroxylation sites is 1. The van der Waals surface area contributed by atoms with Gasteiger partial charge >= 0.3 is 11.7 Å². The van der Waals surface area contributed by atoms with Gasteiger partial charge in [0.15, 0.2) is 5.75 Å². The normalized spacial score (nSPS) is 10.7. The Bertz CT molecular complexity index is 914. The second-order valence-corrected chi connectivity index (χ2v) is 6.46. The lowest BCUT2D eigenvalue weighted by Gasteiger charge is -2.12. The van der Waals surface area contributed by atoms with Crippen LogP contribution < -0.4 is 14.9 Å². The average Bonchev–Trinajstić information content (AvgIpc) is 2.73. The minimum Gasteiger partial charge on any atom is -0.493 e. The molecule has 0 saturated heterocycles. The zero-order chi connectivity index (χ0) is 21.9. The molecule has 0 spiro atoms. The van der Waals surface area contributed by atoms with Crippen LogP contribution in [-0.4, -0.2) is 35.9 Å². The van der Waals surface area contributed by atoms with Gasteiger partial charge in [0.1, 0.15) is 0 Å². The lowest BCUT2D eigenvalue weighted by atomic mass is 10.1. The van der Waals surface area contributed by atoms with Gasteiger partial charge < -0.3 is 14.6 Å². The summed E-state index contributed by atoms with van der Waals surface area (Å²) in [6.45, 7) is 2.46. The number of hydrogen-bond donors (Lipinski definition) is 2. The number of methoxy groups -OCH3 is 1. The molecule has 0 radical (unpaired) electrons. The first-order valence-electron chi connectivity index (χ1n) is 9.58. The van der Waals surface area contributed by atoms with E-state index in [0.29, 0.717) is 17.9 Å². The number of carboxylic acids is 1. The Balaban J connectivity index is 2.21. The first-order chi connectivity index (χ1) is 14.5. The number of anilines is 1. The van der Waals surface area contributed by atoms with E-state index in [1.165, 1.54) is 25.5 Å². The summed E-state index contributed by atoms with van der Waals surface area (Å²) in [6.07, 6.45) is 5.29. The SMILES string of the molecule is CCCCCCOc1c(OC)cc(C=NNc2ccccc2C(=O)O)cc1[N+](=O)[O-]. The highest BCUT2D eigenvalue weighted by atomic mass is 16.6. The number of nitrogens with zero attached hydrogens (tertiary/aromatic N) is 2. The number of hydrogen-bond acceptors (Lipinski definition) is 7. The molecule has 2 rings (SSSR count). The molecule has 0 saturated carbocycles. The largest absolute Gasteiger partial charge is 0.493 e. The molecule has 30 heavy (non-hydrogen) atoms. The minimum atomic E-state index is -1.09. The molecule has 0 aliphatic carbocycles. The fourth-order valence-electron chi connectivity index (χ4n) is 2.76. The molecule has 0 aliphatic heterocycles. The zero-order valence-corrected chi connectivity index (χ0v) is 17.0. The van der Waals surface area contributed by atoms with Gasteiger partial charge in [0.05, 0.1) is 36.1 Å². The number of nitro groups is 1. The van der Waals surface area contributed by atoms with Crippen molar-refractivity contribution in [1.82, 2.24) is 0 Å². The lowest BCUT2D eigenvalue weighted by Crippen LogP contribution is -2.04. The van der Waals surface area contributed by atoms with E-state index in [9.17, 15) is 20.0 Å². The van der Waals surface area contributed by atoms with Crippen LogP contribution in [0.5, 0.6) is 11.5 Å². The summed E-state index contributed by atoms with van der Waals surface area (Å²) in [5, 5.41) is 24.7. The standard InChI is InChI=1S/C21H25N3O6/c1-3-4-5-8-11-30-20-18(24(27)28)12-15(13-19(20)29-2)14-22-23-17-10-7-6-9-16(17)21(25)26/h6-7,9-10,12-14,23H,3-5,8,11H2,1-2H3,(H,25,26). The smallest absolute Gasteiger partial charge is 0.337 e. The van der Waals surface area contributed by atoms with Gasteiger partial charge in [-0.2, -0.15) is 5.10 Å². The molecule has 0 heterocycles. The van der Waals surface area contributed by atoms with E-state index in [1.807, 2.05) is 0 Å². The third kappa shape index (κ3) is 6.20. The van der Waals surface area contributed by atoms with Crippen LogP contribution in [0.4, 0.5) is 11.4 Å². The number of ether oxygens (including phenoxy) is 2. The van der Waals surface area contributed by atoms with Gasteiger partial charge in [-0.05, 0) is 24.6 Å². The maximum atomic E-state index is 11.5. The van der Waals surface area contributed by atoms with Crippen LogP contribution in [0.1, 0.15) is 48.5 Å². The van der Waals surface area contributed by atoms with Crippen LogP contribution in [0, 0.1) is 10.1 Å². The summed E-state index contributed by atoms with van der Waals surface area (Å²) >= 11 is 0. The third-order valence-electron chi connectivity index (χ3n) is 4.27. The molecule has 0 fully saturated rings. The van der Waals surface area contributed by atoms with Crippen molar-refractivity contribution in [2.24, 2.45) is 5.10 Å². The molecule has 9 heteroatoms. The van der Waals surface area contributed by atoms with Crippen molar-refractivity contribution in [3.63, 3.8) is 0 Å². The Morgan fingerprint density at radius 1 is 1.27 bits per heavy atom. The summed E-state index contributed by atoms with van der Waals surface area (Å²) in [5.74, 6) is -0.779. The Labute approximate surface area is 174 Å². The highest BCUT2D eigenvalue weighted by Crippen LogP contribution is 2.38. The van der Waals surface area contributed by atoms with Crippen LogP contribution in [0.3, 0.4) is 0 Å². The Morgan fingerprint density at radius 3 is 2.70 bits per heavy atom. The molecule has 2 N–H and O–H groups in total. The van der Waals surface area contributed by atoms with Crippen LogP contribution in [0.2, 0.25) is 0 Å². The summed E-state index contributed by atoms with van der Waals surface area (Å²) in [7, 11) is 1.41. The molecule has 9 nitrogen and oxygen atoms in total. The maximum Gasteiger partial charge on any atom is 0.337 e. The van der Waals surface area contributed by atoms with Crippen LogP contribution in [0.25, 0.3) is 0 Å². The van der Waals surface area contributed by atoms with E-state index < -0.39 is 10.9 Å². The van der Waals surface area contributed by atoms with E-state index in [4.69, 9.17) is 9.47 Å². The molecule has 0 aliphatic rings. The van der Waals surface area contributed by atoms with Crippen LogP contribution in [0.15, 0.2) is 41.5 Å². The number of aromatic carboxylic acids is 1. The van der Waals surface area contributed by atoms with Crippen molar-refractivity contribution in [2.75, 3.05) is 19.1 Å². The zero-order valence-electron chi connectivity index (χ0n) is 17.0. The second kappa shape index (κ2) is 11.4. The van der Waals surface area contributed by atoms with E-state index in [-0.39, 0.29) is 22.7 Å². The second-order valence-electron chi connectivity index (χ2n) is 6.46.